The molecule has 0 fully saturated rings. The van der Waals surface area contributed by atoms with E-state index in [1.165, 1.54) is 0 Å². The molecule has 1 aromatic heterocycles. The van der Waals surface area contributed by atoms with Crippen LogP contribution < -0.4 is 0 Å². The fourth-order valence-corrected chi connectivity index (χ4v) is 2.60. The fourth-order valence-electron chi connectivity index (χ4n) is 1.27. The van der Waals surface area contributed by atoms with Gasteiger partial charge in [0.2, 0.25) is 0 Å². The molecule has 0 spiro atoms. The van der Waals surface area contributed by atoms with Gasteiger partial charge in [-0.05, 0) is 40.2 Å². The SMILES string of the molecule is O=C(/C=C/c1ccc(Br)s1)c1ccccc1. The van der Waals surface area contributed by atoms with E-state index in [-0.39, 0.29) is 5.78 Å². The third-order valence-corrected chi connectivity index (χ3v) is 3.64. The maximum Gasteiger partial charge on any atom is 0.185 e. The van der Waals surface area contributed by atoms with Crippen molar-refractivity contribution in [2.45, 2.75) is 0 Å². The number of carbonyl (C=O) groups excluding carboxylic acids is 1. The third-order valence-electron chi connectivity index (χ3n) is 2.05. The van der Waals surface area contributed by atoms with Crippen LogP contribution in [0.25, 0.3) is 6.08 Å². The van der Waals surface area contributed by atoms with E-state index in [1.807, 2.05) is 48.5 Å². The van der Waals surface area contributed by atoms with Crippen LogP contribution in [0.15, 0.2) is 52.3 Å². The number of halogens is 1. The molecular formula is C13H9BrOS. The quantitative estimate of drug-likeness (QED) is 0.605. The van der Waals surface area contributed by atoms with Gasteiger partial charge in [0.1, 0.15) is 0 Å². The van der Waals surface area contributed by atoms with E-state index in [0.717, 1.165) is 14.2 Å². The zero-order valence-corrected chi connectivity index (χ0v) is 10.8. The van der Waals surface area contributed by atoms with Gasteiger partial charge in [0.05, 0.1) is 3.79 Å². The molecule has 80 valence electrons. The molecule has 0 aliphatic carbocycles. The molecule has 1 nitrogen and oxygen atoms in total. The maximum atomic E-state index is 11.7. The van der Waals surface area contributed by atoms with Crippen molar-refractivity contribution in [3.8, 4) is 0 Å². The Balaban J connectivity index is 2.11. The van der Waals surface area contributed by atoms with Crippen LogP contribution >= 0.6 is 27.3 Å². The van der Waals surface area contributed by atoms with Crippen molar-refractivity contribution in [2.75, 3.05) is 0 Å². The van der Waals surface area contributed by atoms with E-state index in [2.05, 4.69) is 15.9 Å². The second-order valence-corrected chi connectivity index (χ2v) is 5.70. The molecule has 0 atom stereocenters. The van der Waals surface area contributed by atoms with Gasteiger partial charge in [0.15, 0.2) is 5.78 Å². The van der Waals surface area contributed by atoms with Gasteiger partial charge >= 0.3 is 0 Å². The molecule has 0 N–H and O–H groups in total. The minimum Gasteiger partial charge on any atom is -0.289 e. The Bertz CT molecular complexity index is 514. The molecule has 2 rings (SSSR count). The summed E-state index contributed by atoms with van der Waals surface area (Å²) in [5.74, 6) is 0.0325. The van der Waals surface area contributed by atoms with Gasteiger partial charge in [0.25, 0.3) is 0 Å². The summed E-state index contributed by atoms with van der Waals surface area (Å²) in [5.41, 5.74) is 0.717. The van der Waals surface area contributed by atoms with E-state index in [0.29, 0.717) is 0 Å². The molecule has 0 saturated carbocycles. The number of allylic oxidation sites excluding steroid dienone is 1. The monoisotopic (exact) mass is 292 g/mol. The molecular weight excluding hydrogens is 284 g/mol. The third kappa shape index (κ3) is 2.90. The normalized spacial score (nSPS) is 10.8. The summed E-state index contributed by atoms with van der Waals surface area (Å²) in [6.45, 7) is 0. The molecule has 0 amide bonds. The van der Waals surface area contributed by atoms with E-state index in [4.69, 9.17) is 0 Å². The standard InChI is InChI=1S/C13H9BrOS/c14-13-9-7-11(16-13)6-8-12(15)10-4-2-1-3-5-10/h1-9H/b8-6+. The van der Waals surface area contributed by atoms with Crippen molar-refractivity contribution in [3.63, 3.8) is 0 Å². The van der Waals surface area contributed by atoms with Gasteiger partial charge < -0.3 is 0 Å². The van der Waals surface area contributed by atoms with Crippen LogP contribution in [-0.4, -0.2) is 5.78 Å². The number of rotatable bonds is 3. The van der Waals surface area contributed by atoms with Crippen molar-refractivity contribution in [3.05, 3.63) is 62.8 Å². The predicted molar refractivity (Wildman–Crippen MR) is 71.8 cm³/mol. The first-order valence-corrected chi connectivity index (χ1v) is 6.39. The molecule has 2 aromatic rings. The predicted octanol–water partition coefficient (Wildman–Crippen LogP) is 4.41. The number of thiophene rings is 1. The Labute approximate surface area is 107 Å². The number of hydrogen-bond donors (Lipinski definition) is 0. The molecule has 0 radical (unpaired) electrons. The van der Waals surface area contributed by atoms with Crippen molar-refractivity contribution in [2.24, 2.45) is 0 Å². The first kappa shape index (κ1) is 11.3. The average Bonchev–Trinajstić information content (AvgIpc) is 2.73. The summed E-state index contributed by atoms with van der Waals surface area (Å²) in [7, 11) is 0. The summed E-state index contributed by atoms with van der Waals surface area (Å²) in [6.07, 6.45) is 3.44. The van der Waals surface area contributed by atoms with Crippen LogP contribution in [0.1, 0.15) is 15.2 Å². The molecule has 1 aromatic carbocycles. The first-order chi connectivity index (χ1) is 7.75. The molecule has 0 saturated heterocycles. The molecule has 1 heterocycles. The number of ketones is 1. The highest BCUT2D eigenvalue weighted by atomic mass is 79.9. The number of carbonyl (C=O) groups is 1. The highest BCUT2D eigenvalue weighted by Crippen LogP contribution is 2.23. The van der Waals surface area contributed by atoms with E-state index >= 15 is 0 Å². The van der Waals surface area contributed by atoms with Gasteiger partial charge in [-0.15, -0.1) is 11.3 Å². The van der Waals surface area contributed by atoms with Gasteiger partial charge in [0, 0.05) is 10.4 Å². The van der Waals surface area contributed by atoms with Crippen LogP contribution in [-0.2, 0) is 0 Å². The molecule has 0 unspecified atom stereocenters. The zero-order valence-electron chi connectivity index (χ0n) is 8.39. The van der Waals surface area contributed by atoms with Crippen LogP contribution in [0.2, 0.25) is 0 Å². The zero-order chi connectivity index (χ0) is 11.4. The summed E-state index contributed by atoms with van der Waals surface area (Å²) in [4.78, 5) is 12.8. The lowest BCUT2D eigenvalue weighted by atomic mass is 10.1. The lowest BCUT2D eigenvalue weighted by Crippen LogP contribution is -1.92. The number of hydrogen-bond acceptors (Lipinski definition) is 2. The molecule has 0 aliphatic heterocycles. The van der Waals surface area contributed by atoms with Crippen LogP contribution in [0.3, 0.4) is 0 Å². The van der Waals surface area contributed by atoms with Crippen molar-refractivity contribution >= 4 is 39.1 Å². The lowest BCUT2D eigenvalue weighted by Gasteiger charge is -1.92. The Hall–Kier alpha value is -1.19. The first-order valence-electron chi connectivity index (χ1n) is 4.78. The van der Waals surface area contributed by atoms with Crippen molar-refractivity contribution in [1.29, 1.82) is 0 Å². The van der Waals surface area contributed by atoms with Gasteiger partial charge in [-0.3, -0.25) is 4.79 Å². The highest BCUT2D eigenvalue weighted by Gasteiger charge is 1.99. The summed E-state index contributed by atoms with van der Waals surface area (Å²) < 4.78 is 1.07. The Kier molecular flexibility index (Phi) is 3.70. The van der Waals surface area contributed by atoms with Gasteiger partial charge in [-0.2, -0.15) is 0 Å². The second kappa shape index (κ2) is 5.23. The topological polar surface area (TPSA) is 17.1 Å². The van der Waals surface area contributed by atoms with Gasteiger partial charge in [-0.1, -0.05) is 30.3 Å². The average molecular weight is 293 g/mol. The van der Waals surface area contributed by atoms with Crippen LogP contribution in [0, 0.1) is 0 Å². The molecule has 3 heteroatoms. The molecule has 16 heavy (non-hydrogen) atoms. The van der Waals surface area contributed by atoms with E-state index in [9.17, 15) is 4.79 Å². The summed E-state index contributed by atoms with van der Waals surface area (Å²) in [5, 5.41) is 0. The minimum absolute atomic E-state index is 0.0325. The maximum absolute atomic E-state index is 11.7. The fraction of sp³-hybridized carbons (Fsp3) is 0. The largest absolute Gasteiger partial charge is 0.289 e. The van der Waals surface area contributed by atoms with Crippen LogP contribution in [0.5, 0.6) is 0 Å². The Morgan fingerprint density at radius 3 is 2.50 bits per heavy atom. The Morgan fingerprint density at radius 1 is 1.12 bits per heavy atom. The Morgan fingerprint density at radius 2 is 1.88 bits per heavy atom. The van der Waals surface area contributed by atoms with E-state index in [1.54, 1.807) is 17.4 Å². The second-order valence-electron chi connectivity index (χ2n) is 3.21. The lowest BCUT2D eigenvalue weighted by molar-refractivity contribution is 0.104. The van der Waals surface area contributed by atoms with Crippen molar-refractivity contribution in [1.82, 2.24) is 0 Å². The van der Waals surface area contributed by atoms with Crippen LogP contribution in [0.4, 0.5) is 0 Å². The summed E-state index contributed by atoms with van der Waals surface area (Å²) in [6, 6.07) is 13.2. The minimum atomic E-state index is 0.0325. The smallest absolute Gasteiger partial charge is 0.185 e. The summed E-state index contributed by atoms with van der Waals surface area (Å²) >= 11 is 4.99. The van der Waals surface area contributed by atoms with Crippen molar-refractivity contribution < 1.29 is 4.79 Å². The highest BCUT2D eigenvalue weighted by molar-refractivity contribution is 9.11. The van der Waals surface area contributed by atoms with Gasteiger partial charge in [-0.25, -0.2) is 0 Å². The number of benzene rings is 1. The molecule has 0 bridgehead atoms. The molecule has 0 aliphatic rings. The van der Waals surface area contributed by atoms with E-state index < -0.39 is 0 Å².